The molecule has 2 aliphatic rings. The number of nitriles is 1. The lowest BCUT2D eigenvalue weighted by molar-refractivity contribution is -0.127. The van der Waals surface area contributed by atoms with Gasteiger partial charge in [0.1, 0.15) is 5.78 Å². The standard InChI is InChI=1S/C22H20N4OS/c23-11-13-2-1-3-15(8-13)21-16(10-17-19(27)6-7-24-22(17)26-21)14-4-5-18-20(9-14)28-12-25-18/h1-5,8-9,12,16-17,21-22,24,26H,6-7,10H2. The van der Waals surface area contributed by atoms with Crippen molar-refractivity contribution in [3.05, 3.63) is 64.7 Å². The van der Waals surface area contributed by atoms with Crippen LogP contribution in [0.1, 0.15) is 41.5 Å². The Kier molecular flexibility index (Phi) is 4.44. The van der Waals surface area contributed by atoms with Gasteiger partial charge in [0, 0.05) is 30.8 Å². The van der Waals surface area contributed by atoms with E-state index in [1.54, 1.807) is 11.3 Å². The van der Waals surface area contributed by atoms with Gasteiger partial charge in [0.15, 0.2) is 0 Å². The number of rotatable bonds is 2. The van der Waals surface area contributed by atoms with E-state index in [2.05, 4.69) is 46.0 Å². The maximum Gasteiger partial charge on any atom is 0.140 e. The molecule has 6 heteroatoms. The molecule has 2 saturated heterocycles. The summed E-state index contributed by atoms with van der Waals surface area (Å²) in [7, 11) is 0. The van der Waals surface area contributed by atoms with Crippen molar-refractivity contribution in [3.63, 3.8) is 0 Å². The third kappa shape index (κ3) is 3.02. The number of Topliss-reactive ketones (excluding diaryl/α,β-unsaturated/α-hetero) is 1. The van der Waals surface area contributed by atoms with Gasteiger partial charge in [-0.1, -0.05) is 18.2 Å². The molecule has 2 fully saturated rings. The molecule has 1 aromatic heterocycles. The minimum atomic E-state index is -0.0219. The molecule has 2 N–H and O–H groups in total. The summed E-state index contributed by atoms with van der Waals surface area (Å²) in [6, 6.07) is 16.5. The summed E-state index contributed by atoms with van der Waals surface area (Å²) in [5.41, 5.74) is 5.84. The lowest BCUT2D eigenvalue weighted by Gasteiger charge is -2.45. The van der Waals surface area contributed by atoms with Crippen LogP contribution >= 0.6 is 11.3 Å². The van der Waals surface area contributed by atoms with Crippen LogP contribution in [0.5, 0.6) is 0 Å². The molecular weight excluding hydrogens is 368 g/mol. The fourth-order valence-corrected chi connectivity index (χ4v) is 5.31. The molecular formula is C22H20N4OS. The molecule has 0 amide bonds. The van der Waals surface area contributed by atoms with Gasteiger partial charge in [-0.2, -0.15) is 5.26 Å². The summed E-state index contributed by atoms with van der Waals surface area (Å²) >= 11 is 1.64. The van der Waals surface area contributed by atoms with E-state index in [1.807, 2.05) is 23.7 Å². The van der Waals surface area contributed by atoms with E-state index >= 15 is 0 Å². The average molecular weight is 388 g/mol. The van der Waals surface area contributed by atoms with Gasteiger partial charge in [-0.05, 0) is 41.8 Å². The lowest BCUT2D eigenvalue weighted by Crippen LogP contribution is -2.59. The highest BCUT2D eigenvalue weighted by atomic mass is 32.1. The number of hydrogen-bond acceptors (Lipinski definition) is 6. The molecule has 5 rings (SSSR count). The average Bonchev–Trinajstić information content (AvgIpc) is 3.21. The van der Waals surface area contributed by atoms with Crippen molar-refractivity contribution in [3.8, 4) is 6.07 Å². The van der Waals surface area contributed by atoms with Crippen LogP contribution in [0.4, 0.5) is 0 Å². The van der Waals surface area contributed by atoms with Crippen molar-refractivity contribution in [1.82, 2.24) is 15.6 Å². The van der Waals surface area contributed by atoms with E-state index in [4.69, 9.17) is 0 Å². The summed E-state index contributed by atoms with van der Waals surface area (Å²) in [5, 5.41) is 16.5. The zero-order chi connectivity index (χ0) is 19.1. The first kappa shape index (κ1) is 17.5. The Labute approximate surface area is 167 Å². The number of piperidine rings is 2. The molecule has 0 saturated carbocycles. The minimum Gasteiger partial charge on any atom is -0.301 e. The predicted octanol–water partition coefficient (Wildman–Crippen LogP) is 3.49. The highest BCUT2D eigenvalue weighted by Gasteiger charge is 2.42. The number of carbonyl (C=O) groups excluding carboxylic acids is 1. The van der Waals surface area contributed by atoms with Gasteiger partial charge >= 0.3 is 0 Å². The topological polar surface area (TPSA) is 77.8 Å². The number of carbonyl (C=O) groups is 1. The third-order valence-electron chi connectivity index (χ3n) is 5.98. The third-order valence-corrected chi connectivity index (χ3v) is 6.77. The van der Waals surface area contributed by atoms with E-state index in [9.17, 15) is 10.1 Å². The summed E-state index contributed by atoms with van der Waals surface area (Å²) < 4.78 is 1.16. The Morgan fingerprint density at radius 2 is 2.07 bits per heavy atom. The van der Waals surface area contributed by atoms with Gasteiger partial charge in [-0.15, -0.1) is 11.3 Å². The van der Waals surface area contributed by atoms with Crippen LogP contribution in [0.3, 0.4) is 0 Å². The molecule has 140 valence electrons. The van der Waals surface area contributed by atoms with Gasteiger partial charge in [0.05, 0.1) is 33.5 Å². The van der Waals surface area contributed by atoms with Gasteiger partial charge < -0.3 is 5.32 Å². The first-order valence-corrected chi connectivity index (χ1v) is 10.5. The number of nitrogens with one attached hydrogen (secondary N) is 2. The highest BCUT2D eigenvalue weighted by Crippen LogP contribution is 2.43. The van der Waals surface area contributed by atoms with Gasteiger partial charge in [-0.3, -0.25) is 10.1 Å². The minimum absolute atomic E-state index is 0.0135. The maximum atomic E-state index is 12.6. The normalized spacial score (nSPS) is 27.3. The molecule has 4 atom stereocenters. The van der Waals surface area contributed by atoms with E-state index in [1.165, 1.54) is 5.56 Å². The molecule has 2 aromatic carbocycles. The first-order valence-electron chi connectivity index (χ1n) is 9.58. The summed E-state index contributed by atoms with van der Waals surface area (Å²) in [4.78, 5) is 17.0. The van der Waals surface area contributed by atoms with Crippen LogP contribution in [0.15, 0.2) is 48.0 Å². The number of nitrogens with zero attached hydrogens (tertiary/aromatic N) is 2. The van der Waals surface area contributed by atoms with Crippen LogP contribution in [0.25, 0.3) is 10.2 Å². The van der Waals surface area contributed by atoms with Crippen LogP contribution in [-0.2, 0) is 4.79 Å². The van der Waals surface area contributed by atoms with Crippen LogP contribution in [-0.4, -0.2) is 23.5 Å². The molecule has 0 spiro atoms. The van der Waals surface area contributed by atoms with Crippen molar-refractivity contribution in [2.45, 2.75) is 31.0 Å². The zero-order valence-electron chi connectivity index (χ0n) is 15.3. The monoisotopic (exact) mass is 388 g/mol. The lowest BCUT2D eigenvalue weighted by atomic mass is 9.73. The van der Waals surface area contributed by atoms with Crippen molar-refractivity contribution in [1.29, 1.82) is 5.26 Å². The molecule has 2 aliphatic heterocycles. The van der Waals surface area contributed by atoms with Crippen LogP contribution in [0, 0.1) is 17.2 Å². The van der Waals surface area contributed by atoms with E-state index in [-0.39, 0.29) is 24.0 Å². The molecule has 5 nitrogen and oxygen atoms in total. The quantitative estimate of drug-likeness (QED) is 0.703. The molecule has 3 aromatic rings. The number of fused-ring (bicyclic) bond motifs is 2. The fourth-order valence-electron chi connectivity index (χ4n) is 4.59. The smallest absolute Gasteiger partial charge is 0.140 e. The van der Waals surface area contributed by atoms with E-state index < -0.39 is 0 Å². The second kappa shape index (κ2) is 7.10. The van der Waals surface area contributed by atoms with Crippen LogP contribution < -0.4 is 10.6 Å². The molecule has 3 heterocycles. The second-order valence-electron chi connectivity index (χ2n) is 7.56. The van der Waals surface area contributed by atoms with Crippen molar-refractivity contribution < 1.29 is 4.79 Å². The Balaban J connectivity index is 1.58. The highest BCUT2D eigenvalue weighted by molar-refractivity contribution is 7.16. The molecule has 28 heavy (non-hydrogen) atoms. The van der Waals surface area contributed by atoms with Gasteiger partial charge in [0.2, 0.25) is 0 Å². The largest absolute Gasteiger partial charge is 0.301 e. The second-order valence-corrected chi connectivity index (χ2v) is 8.44. The van der Waals surface area contributed by atoms with Crippen molar-refractivity contribution >= 4 is 27.3 Å². The van der Waals surface area contributed by atoms with Crippen LogP contribution in [0.2, 0.25) is 0 Å². The molecule has 0 aliphatic carbocycles. The Hall–Kier alpha value is -2.59. The summed E-state index contributed by atoms with van der Waals surface area (Å²) in [6.45, 7) is 0.718. The van der Waals surface area contributed by atoms with Gasteiger partial charge in [0.25, 0.3) is 0 Å². The number of hydrogen-bond donors (Lipinski definition) is 2. The number of aromatic nitrogens is 1. The maximum absolute atomic E-state index is 12.6. The molecule has 0 radical (unpaired) electrons. The van der Waals surface area contributed by atoms with Gasteiger partial charge in [-0.25, -0.2) is 4.98 Å². The van der Waals surface area contributed by atoms with E-state index in [0.29, 0.717) is 17.8 Å². The number of benzene rings is 2. The Morgan fingerprint density at radius 3 is 2.96 bits per heavy atom. The number of ketones is 1. The Bertz CT molecular complexity index is 1090. The zero-order valence-corrected chi connectivity index (χ0v) is 16.1. The SMILES string of the molecule is N#Cc1cccc(C2NC3NCCC(=O)C3CC2c2ccc3ncsc3c2)c1. The van der Waals surface area contributed by atoms with E-state index in [0.717, 1.165) is 28.7 Å². The summed E-state index contributed by atoms with van der Waals surface area (Å²) in [6.07, 6.45) is 1.38. The van der Waals surface area contributed by atoms with Crippen molar-refractivity contribution in [2.75, 3.05) is 6.54 Å². The molecule has 0 bridgehead atoms. The predicted molar refractivity (Wildman–Crippen MR) is 109 cm³/mol. The first-order chi connectivity index (χ1) is 13.7. The Morgan fingerprint density at radius 1 is 1.14 bits per heavy atom. The fraction of sp³-hybridized carbons (Fsp3) is 0.318. The molecule has 4 unspecified atom stereocenters. The summed E-state index contributed by atoms with van der Waals surface area (Å²) in [5.74, 6) is 0.473. The van der Waals surface area contributed by atoms with Crippen molar-refractivity contribution in [2.24, 2.45) is 5.92 Å². The number of thiazole rings is 1.